The molecule has 0 aliphatic heterocycles. The van der Waals surface area contributed by atoms with Gasteiger partial charge in [0.05, 0.1) is 17.0 Å². The van der Waals surface area contributed by atoms with Gasteiger partial charge in [0, 0.05) is 11.4 Å². The molecule has 5 nitrogen and oxygen atoms in total. The van der Waals surface area contributed by atoms with Crippen molar-refractivity contribution in [1.29, 1.82) is 0 Å². The van der Waals surface area contributed by atoms with Gasteiger partial charge < -0.3 is 9.84 Å². The van der Waals surface area contributed by atoms with E-state index in [0.717, 1.165) is 20.0 Å². The van der Waals surface area contributed by atoms with Gasteiger partial charge in [-0.2, -0.15) is 0 Å². The molecule has 0 saturated carbocycles. The molecule has 2 rings (SSSR count). The summed E-state index contributed by atoms with van der Waals surface area (Å²) in [6.07, 6.45) is -0.407. The van der Waals surface area contributed by atoms with Crippen molar-refractivity contribution in [1.82, 2.24) is 4.72 Å². The predicted octanol–water partition coefficient (Wildman–Crippen LogP) is 2.60. The third kappa shape index (κ3) is 4.85. The van der Waals surface area contributed by atoms with E-state index in [9.17, 15) is 8.42 Å². The van der Waals surface area contributed by atoms with Crippen LogP contribution in [0.1, 0.15) is 11.0 Å². The summed E-state index contributed by atoms with van der Waals surface area (Å²) in [5.41, 5.74) is 0. The van der Waals surface area contributed by atoms with Gasteiger partial charge in [-0.25, -0.2) is 13.1 Å². The Balaban J connectivity index is 2.04. The highest BCUT2D eigenvalue weighted by Crippen LogP contribution is 2.27. The molecule has 21 heavy (non-hydrogen) atoms. The maximum Gasteiger partial charge on any atom is 0.250 e. The van der Waals surface area contributed by atoms with Crippen molar-refractivity contribution < 1.29 is 18.3 Å². The predicted molar refractivity (Wildman–Crippen MR) is 87.3 cm³/mol. The van der Waals surface area contributed by atoms with Gasteiger partial charge in [0.1, 0.15) is 10.3 Å². The molecule has 2 heterocycles. The smallest absolute Gasteiger partial charge is 0.250 e. The minimum atomic E-state index is -3.55. The number of thiophene rings is 2. The van der Waals surface area contributed by atoms with Crippen molar-refractivity contribution in [3.63, 3.8) is 0 Å². The van der Waals surface area contributed by atoms with Crippen LogP contribution in [0.4, 0.5) is 0 Å². The van der Waals surface area contributed by atoms with Crippen LogP contribution in [0.25, 0.3) is 0 Å². The molecule has 0 radical (unpaired) electrons. The fourth-order valence-electron chi connectivity index (χ4n) is 1.61. The zero-order valence-corrected chi connectivity index (χ0v) is 14.9. The van der Waals surface area contributed by atoms with Crippen molar-refractivity contribution >= 4 is 48.6 Å². The van der Waals surface area contributed by atoms with Crippen LogP contribution in [0.2, 0.25) is 0 Å². The summed E-state index contributed by atoms with van der Waals surface area (Å²) in [5, 5.41) is 10.8. The monoisotopic (exact) mass is 411 g/mol. The van der Waals surface area contributed by atoms with E-state index >= 15 is 0 Å². The number of rotatable bonds is 8. The van der Waals surface area contributed by atoms with Gasteiger partial charge in [-0.1, -0.05) is 6.07 Å². The highest BCUT2D eigenvalue weighted by atomic mass is 79.9. The molecule has 0 aromatic carbocycles. The van der Waals surface area contributed by atoms with Crippen LogP contribution in [-0.4, -0.2) is 33.3 Å². The van der Waals surface area contributed by atoms with Crippen LogP contribution in [0.3, 0.4) is 0 Å². The second kappa shape index (κ2) is 7.82. The number of hydrogen-bond donors (Lipinski definition) is 2. The fraction of sp³-hybridized carbons (Fsp3) is 0.333. The van der Waals surface area contributed by atoms with E-state index in [4.69, 9.17) is 9.84 Å². The van der Waals surface area contributed by atoms with Crippen LogP contribution >= 0.6 is 38.6 Å². The molecule has 0 aliphatic carbocycles. The van der Waals surface area contributed by atoms with Gasteiger partial charge in [0.15, 0.2) is 0 Å². The van der Waals surface area contributed by atoms with Crippen molar-refractivity contribution in [3.05, 3.63) is 38.3 Å². The zero-order chi connectivity index (χ0) is 15.3. The Kier molecular flexibility index (Phi) is 6.35. The second-order valence-corrected chi connectivity index (χ2v) is 9.44. The summed E-state index contributed by atoms with van der Waals surface area (Å²) in [6.45, 7) is 0.180. The summed E-state index contributed by atoms with van der Waals surface area (Å²) < 4.78 is 33.4. The molecule has 2 aromatic rings. The molecule has 9 heteroatoms. The molecule has 0 bridgehead atoms. The molecule has 0 saturated heterocycles. The van der Waals surface area contributed by atoms with Gasteiger partial charge in [0.25, 0.3) is 0 Å². The number of hydrogen-bond acceptors (Lipinski definition) is 6. The van der Waals surface area contributed by atoms with Crippen LogP contribution < -0.4 is 4.72 Å². The third-order valence-electron chi connectivity index (χ3n) is 2.54. The highest BCUT2D eigenvalue weighted by molar-refractivity contribution is 9.11. The van der Waals surface area contributed by atoms with E-state index in [2.05, 4.69) is 20.7 Å². The maximum absolute atomic E-state index is 12.2. The number of sulfonamides is 1. The molecule has 116 valence electrons. The van der Waals surface area contributed by atoms with Gasteiger partial charge >= 0.3 is 0 Å². The molecule has 0 spiro atoms. The van der Waals surface area contributed by atoms with E-state index in [1.807, 2.05) is 17.5 Å². The van der Waals surface area contributed by atoms with Gasteiger partial charge in [-0.3, -0.25) is 0 Å². The summed E-state index contributed by atoms with van der Waals surface area (Å²) in [4.78, 5) is 0.915. The van der Waals surface area contributed by atoms with Gasteiger partial charge in [0.2, 0.25) is 10.0 Å². The number of ether oxygens (including phenoxy) is 1. The molecule has 1 atom stereocenters. The van der Waals surface area contributed by atoms with Crippen molar-refractivity contribution in [2.45, 2.75) is 10.3 Å². The van der Waals surface area contributed by atoms with Crippen LogP contribution in [0.15, 0.2) is 37.6 Å². The summed E-state index contributed by atoms with van der Waals surface area (Å²) in [5.74, 6) is 0. The first-order valence-corrected chi connectivity index (χ1v) is 10.0. The molecule has 0 fully saturated rings. The van der Waals surface area contributed by atoms with Gasteiger partial charge in [-0.05, 0) is 39.5 Å². The molecule has 2 aromatic heterocycles. The summed E-state index contributed by atoms with van der Waals surface area (Å²) in [7, 11) is -3.55. The average molecular weight is 412 g/mol. The molecule has 0 amide bonds. The first-order chi connectivity index (χ1) is 10.0. The van der Waals surface area contributed by atoms with Crippen molar-refractivity contribution in [3.8, 4) is 0 Å². The largest absolute Gasteiger partial charge is 0.394 e. The van der Waals surface area contributed by atoms with E-state index in [1.165, 1.54) is 11.3 Å². The number of nitrogens with one attached hydrogen (secondary N) is 1. The van der Waals surface area contributed by atoms with E-state index in [1.54, 1.807) is 12.1 Å². The topological polar surface area (TPSA) is 75.6 Å². The Morgan fingerprint density at radius 1 is 1.38 bits per heavy atom. The lowest BCUT2D eigenvalue weighted by Gasteiger charge is -2.16. The minimum absolute atomic E-state index is 0.105. The van der Waals surface area contributed by atoms with Crippen molar-refractivity contribution in [2.24, 2.45) is 0 Å². The first-order valence-electron chi connectivity index (χ1n) is 6.04. The van der Waals surface area contributed by atoms with Crippen molar-refractivity contribution in [2.75, 3.05) is 19.8 Å². The van der Waals surface area contributed by atoms with Crippen LogP contribution in [-0.2, 0) is 14.8 Å². The fourth-order valence-corrected chi connectivity index (χ4v) is 5.47. The second-order valence-electron chi connectivity index (χ2n) is 4.01. The lowest BCUT2D eigenvalue weighted by atomic mass is 10.3. The van der Waals surface area contributed by atoms with Gasteiger partial charge in [-0.15, -0.1) is 22.7 Å². The highest BCUT2D eigenvalue weighted by Gasteiger charge is 2.20. The summed E-state index contributed by atoms with van der Waals surface area (Å²) >= 11 is 5.88. The van der Waals surface area contributed by atoms with Crippen LogP contribution in [0.5, 0.6) is 0 Å². The first kappa shape index (κ1) is 17.1. The lowest BCUT2D eigenvalue weighted by molar-refractivity contribution is 0.0328. The van der Waals surface area contributed by atoms with E-state index < -0.39 is 16.1 Å². The summed E-state index contributed by atoms with van der Waals surface area (Å²) in [6, 6.07) is 6.99. The Morgan fingerprint density at radius 3 is 2.76 bits per heavy atom. The Labute approximate surface area is 139 Å². The third-order valence-corrected chi connectivity index (χ3v) is 7.05. The zero-order valence-electron chi connectivity index (χ0n) is 10.9. The minimum Gasteiger partial charge on any atom is -0.394 e. The normalized spacial score (nSPS) is 13.4. The maximum atomic E-state index is 12.2. The SMILES string of the molecule is O=S(=O)(NC[C@@H](OCCO)c1cccs1)c1ccc(Br)s1. The standard InChI is InChI=1S/C12H14BrNO4S3/c13-11-3-4-12(20-11)21(16,17)14-8-9(18-6-5-15)10-2-1-7-19-10/h1-4,7,9,14-15H,5-6,8H2/t9-/m1/s1. The molecular weight excluding hydrogens is 398 g/mol. The molecular formula is C12H14BrNO4S3. The Hall–Kier alpha value is -0.290. The number of aliphatic hydroxyl groups is 1. The molecule has 0 aliphatic rings. The average Bonchev–Trinajstić information content (AvgIpc) is 3.10. The lowest BCUT2D eigenvalue weighted by Crippen LogP contribution is -2.29. The quantitative estimate of drug-likeness (QED) is 0.699. The Morgan fingerprint density at radius 2 is 2.19 bits per heavy atom. The number of aliphatic hydroxyl groups excluding tert-OH is 1. The number of halogens is 1. The molecule has 0 unspecified atom stereocenters. The van der Waals surface area contributed by atoms with Crippen LogP contribution in [0, 0.1) is 0 Å². The van der Waals surface area contributed by atoms with E-state index in [0.29, 0.717) is 0 Å². The molecule has 2 N–H and O–H groups in total. The Bertz CT molecular complexity index is 654. The van der Waals surface area contributed by atoms with E-state index in [-0.39, 0.29) is 24.0 Å².